The lowest BCUT2D eigenvalue weighted by molar-refractivity contribution is 0.100. The van der Waals surface area contributed by atoms with Crippen LogP contribution >= 0.6 is 11.3 Å². The maximum Gasteiger partial charge on any atom is 0.411 e. The van der Waals surface area contributed by atoms with Gasteiger partial charge in [0.2, 0.25) is 5.88 Å². The number of anilines is 1. The summed E-state index contributed by atoms with van der Waals surface area (Å²) in [5.41, 5.74) is 4.85. The van der Waals surface area contributed by atoms with Gasteiger partial charge in [0.25, 0.3) is 0 Å². The fourth-order valence-corrected chi connectivity index (χ4v) is 5.34. The van der Waals surface area contributed by atoms with Crippen molar-refractivity contribution in [3.63, 3.8) is 0 Å². The molecule has 12 heteroatoms. The minimum Gasteiger partial charge on any atom is -0.483 e. The van der Waals surface area contributed by atoms with Crippen molar-refractivity contribution in [1.82, 2.24) is 25.1 Å². The summed E-state index contributed by atoms with van der Waals surface area (Å²) in [6.07, 6.45) is 3.59. The van der Waals surface area contributed by atoms with E-state index >= 15 is 0 Å². The summed E-state index contributed by atoms with van der Waals surface area (Å²) < 4.78 is 32.1. The van der Waals surface area contributed by atoms with Gasteiger partial charge in [-0.3, -0.25) is 5.32 Å². The summed E-state index contributed by atoms with van der Waals surface area (Å²) in [4.78, 5) is 25.9. The standard InChI is InChI=1S/C25H19FN6O4S/c1-12-5-15(21-18(6-12)31-20(34-2)10-27-21)24-32-19-8-17(26)22-16(23(19)37-24)7-14(36-22)11-35-25(33)30-13-3-4-28-29-9-13/h3-6,8-10,14H,7,11H2,1-2H3,(H,28,30,33). The minimum atomic E-state index is -0.665. The highest BCUT2D eigenvalue weighted by molar-refractivity contribution is 7.22. The Morgan fingerprint density at radius 1 is 1.22 bits per heavy atom. The molecule has 1 aliphatic rings. The Morgan fingerprint density at radius 2 is 2.11 bits per heavy atom. The van der Waals surface area contributed by atoms with Crippen LogP contribution in [0.5, 0.6) is 11.6 Å². The Morgan fingerprint density at radius 3 is 2.92 bits per heavy atom. The lowest BCUT2D eigenvalue weighted by Gasteiger charge is -2.11. The Balaban J connectivity index is 1.27. The fourth-order valence-electron chi connectivity index (χ4n) is 4.23. The van der Waals surface area contributed by atoms with Crippen LogP contribution in [0.25, 0.3) is 31.8 Å². The molecule has 1 N–H and O–H groups in total. The second-order valence-electron chi connectivity index (χ2n) is 8.42. The average molecular weight is 519 g/mol. The molecule has 4 heterocycles. The number of hydrogen-bond acceptors (Lipinski definition) is 10. The maximum atomic E-state index is 15.0. The number of hydrogen-bond donors (Lipinski definition) is 1. The van der Waals surface area contributed by atoms with E-state index in [1.54, 1.807) is 19.4 Å². The molecule has 10 nitrogen and oxygen atoms in total. The van der Waals surface area contributed by atoms with E-state index < -0.39 is 18.0 Å². The number of ether oxygens (including phenoxy) is 3. The molecule has 0 bridgehead atoms. The number of nitrogens with one attached hydrogen (secondary N) is 1. The molecule has 37 heavy (non-hydrogen) atoms. The van der Waals surface area contributed by atoms with Crippen LogP contribution in [0.2, 0.25) is 0 Å². The van der Waals surface area contributed by atoms with Crippen molar-refractivity contribution in [2.75, 3.05) is 19.0 Å². The predicted molar refractivity (Wildman–Crippen MR) is 135 cm³/mol. The van der Waals surface area contributed by atoms with Crippen LogP contribution in [0.15, 0.2) is 42.9 Å². The third-order valence-corrected chi connectivity index (χ3v) is 7.00. The first-order valence-corrected chi connectivity index (χ1v) is 12.1. The molecule has 0 saturated heterocycles. The van der Waals surface area contributed by atoms with Gasteiger partial charge < -0.3 is 14.2 Å². The van der Waals surface area contributed by atoms with Gasteiger partial charge in [0, 0.05) is 23.6 Å². The van der Waals surface area contributed by atoms with Crippen LogP contribution in [-0.2, 0) is 11.2 Å². The molecule has 6 rings (SSSR count). The van der Waals surface area contributed by atoms with Crippen molar-refractivity contribution >= 4 is 44.4 Å². The molecule has 1 aliphatic heterocycles. The predicted octanol–water partition coefficient (Wildman–Crippen LogP) is 4.70. The molecule has 1 unspecified atom stereocenters. The zero-order valence-electron chi connectivity index (χ0n) is 19.7. The Hall–Kier alpha value is -4.45. The van der Waals surface area contributed by atoms with Gasteiger partial charge in [0.05, 0.1) is 52.6 Å². The first-order chi connectivity index (χ1) is 18.0. The minimum absolute atomic E-state index is 0.0500. The first-order valence-electron chi connectivity index (χ1n) is 11.3. The third kappa shape index (κ3) is 4.35. The first kappa shape index (κ1) is 23.0. The number of halogens is 1. The van der Waals surface area contributed by atoms with Crippen molar-refractivity contribution in [3.8, 4) is 22.2 Å². The highest BCUT2D eigenvalue weighted by atomic mass is 32.1. The van der Waals surface area contributed by atoms with E-state index in [2.05, 4.69) is 25.5 Å². The molecule has 0 spiro atoms. The van der Waals surface area contributed by atoms with Crippen LogP contribution in [0.3, 0.4) is 0 Å². The number of benzene rings is 2. The van der Waals surface area contributed by atoms with E-state index in [0.717, 1.165) is 15.8 Å². The van der Waals surface area contributed by atoms with Gasteiger partial charge in [-0.25, -0.2) is 24.1 Å². The van der Waals surface area contributed by atoms with Crippen LogP contribution < -0.4 is 14.8 Å². The number of methoxy groups -OCH3 is 1. The van der Waals surface area contributed by atoms with E-state index in [-0.39, 0.29) is 12.4 Å². The van der Waals surface area contributed by atoms with E-state index in [1.807, 2.05) is 19.1 Å². The number of carbonyl (C=O) groups excluding carboxylic acids is 1. The highest BCUT2D eigenvalue weighted by Crippen LogP contribution is 2.43. The van der Waals surface area contributed by atoms with E-state index in [9.17, 15) is 9.18 Å². The third-order valence-electron chi connectivity index (χ3n) is 5.84. The van der Waals surface area contributed by atoms with Gasteiger partial charge in [-0.15, -0.1) is 11.3 Å². The second-order valence-corrected chi connectivity index (χ2v) is 9.42. The molecule has 5 aromatic rings. The number of rotatable bonds is 5. The number of fused-ring (bicyclic) bond motifs is 4. The topological polar surface area (TPSA) is 121 Å². The summed E-state index contributed by atoms with van der Waals surface area (Å²) in [6.45, 7) is 1.92. The van der Waals surface area contributed by atoms with Gasteiger partial charge in [0.15, 0.2) is 11.6 Å². The average Bonchev–Trinajstić information content (AvgIpc) is 3.52. The van der Waals surface area contributed by atoms with Crippen molar-refractivity contribution in [1.29, 1.82) is 0 Å². The quantitative estimate of drug-likeness (QED) is 0.353. The number of amides is 1. The fraction of sp³-hybridized carbons (Fsp3) is 0.200. The summed E-state index contributed by atoms with van der Waals surface area (Å²) in [5.74, 6) is 0.0752. The largest absolute Gasteiger partial charge is 0.483 e. The monoisotopic (exact) mass is 518 g/mol. The zero-order chi connectivity index (χ0) is 25.5. The molecule has 186 valence electrons. The molecule has 3 aromatic heterocycles. The van der Waals surface area contributed by atoms with Crippen LogP contribution in [0.1, 0.15) is 11.1 Å². The summed E-state index contributed by atoms with van der Waals surface area (Å²) in [7, 11) is 1.54. The molecule has 0 radical (unpaired) electrons. The lowest BCUT2D eigenvalue weighted by atomic mass is 10.1. The van der Waals surface area contributed by atoms with Crippen LogP contribution in [0, 0.1) is 12.7 Å². The van der Waals surface area contributed by atoms with Crippen molar-refractivity contribution in [2.24, 2.45) is 0 Å². The SMILES string of the molecule is COc1cnc2c(-c3nc4cc(F)c5c(c4s3)CC(COC(=O)Nc3ccnnc3)O5)cc(C)cc2n1. The lowest BCUT2D eigenvalue weighted by Crippen LogP contribution is -2.25. The Labute approximate surface area is 213 Å². The summed E-state index contributed by atoms with van der Waals surface area (Å²) >= 11 is 1.44. The molecule has 1 atom stereocenters. The number of aryl methyl sites for hydroxylation is 1. The molecule has 1 amide bonds. The normalized spacial score (nSPS) is 14.4. The smallest absolute Gasteiger partial charge is 0.411 e. The van der Waals surface area contributed by atoms with Crippen molar-refractivity contribution in [3.05, 3.63) is 59.8 Å². The van der Waals surface area contributed by atoms with Crippen molar-refractivity contribution < 1.29 is 23.4 Å². The number of aromatic nitrogens is 5. The van der Waals surface area contributed by atoms with Gasteiger partial charge >= 0.3 is 6.09 Å². The van der Waals surface area contributed by atoms with E-state index in [4.69, 9.17) is 19.2 Å². The number of nitrogens with zero attached hydrogens (tertiary/aromatic N) is 5. The molecule has 0 saturated carbocycles. The number of thiazole rings is 1. The van der Waals surface area contributed by atoms with E-state index in [0.29, 0.717) is 45.1 Å². The second kappa shape index (κ2) is 9.21. The van der Waals surface area contributed by atoms with Gasteiger partial charge in [0.1, 0.15) is 17.7 Å². The highest BCUT2D eigenvalue weighted by Gasteiger charge is 2.31. The summed E-state index contributed by atoms with van der Waals surface area (Å²) in [6, 6.07) is 6.87. The Bertz CT molecular complexity index is 1660. The van der Waals surface area contributed by atoms with Crippen LogP contribution in [-0.4, -0.2) is 51.1 Å². The molecule has 0 aliphatic carbocycles. The molecular formula is C25H19FN6O4S. The van der Waals surface area contributed by atoms with Gasteiger partial charge in [-0.05, 0) is 30.7 Å². The Kier molecular flexibility index (Phi) is 5.72. The van der Waals surface area contributed by atoms with E-state index in [1.165, 1.54) is 29.8 Å². The molecule has 0 fully saturated rings. The zero-order valence-corrected chi connectivity index (χ0v) is 20.5. The molecular weight excluding hydrogens is 499 g/mol. The summed E-state index contributed by atoms with van der Waals surface area (Å²) in [5, 5.41) is 10.6. The number of carbonyl (C=O) groups is 1. The van der Waals surface area contributed by atoms with Gasteiger partial charge in [-0.1, -0.05) is 0 Å². The maximum absolute atomic E-state index is 15.0. The van der Waals surface area contributed by atoms with Crippen molar-refractivity contribution in [2.45, 2.75) is 19.4 Å². The van der Waals surface area contributed by atoms with Crippen LogP contribution in [0.4, 0.5) is 14.9 Å². The van der Waals surface area contributed by atoms with Gasteiger partial charge in [-0.2, -0.15) is 10.2 Å². The molecule has 2 aromatic carbocycles.